The molecule has 2 fully saturated rings. The van der Waals surface area contributed by atoms with Crippen LogP contribution < -0.4 is 0 Å². The summed E-state index contributed by atoms with van der Waals surface area (Å²) in [4.78, 5) is 36.2. The van der Waals surface area contributed by atoms with Gasteiger partial charge in [0, 0.05) is 19.6 Å². The lowest BCUT2D eigenvalue weighted by Gasteiger charge is -2.37. The Balaban J connectivity index is 1.64. The zero-order chi connectivity index (χ0) is 19.8. The number of aliphatic imine (C=N–C) groups is 1. The fraction of sp³-hybridized carbons (Fsp3) is 0.800. The van der Waals surface area contributed by atoms with Crippen LogP contribution in [0.2, 0.25) is 0 Å². The number of imide groups is 1. The van der Waals surface area contributed by atoms with E-state index in [0.717, 1.165) is 19.0 Å². The fourth-order valence-electron chi connectivity index (χ4n) is 4.94. The van der Waals surface area contributed by atoms with Crippen LogP contribution in [0, 0.1) is 5.92 Å². The maximum Gasteiger partial charge on any atom is 0.392 e. The van der Waals surface area contributed by atoms with Gasteiger partial charge in [-0.25, -0.2) is 9.37 Å². The number of nitrogens with zero attached hydrogens (tertiary/aromatic N) is 5. The summed E-state index contributed by atoms with van der Waals surface area (Å²) in [5.74, 6) is 1.75. The molecule has 8 nitrogen and oxygen atoms in total. The van der Waals surface area contributed by atoms with Gasteiger partial charge in [-0.2, -0.15) is 0 Å². The zero-order valence-corrected chi connectivity index (χ0v) is 17.3. The van der Waals surface area contributed by atoms with Crippen molar-refractivity contribution in [1.82, 2.24) is 14.7 Å². The maximum absolute atomic E-state index is 13.3. The Kier molecular flexibility index (Phi) is 5.40. The second-order valence-corrected chi connectivity index (χ2v) is 8.40. The van der Waals surface area contributed by atoms with Gasteiger partial charge >= 0.3 is 12.0 Å². The van der Waals surface area contributed by atoms with Gasteiger partial charge in [-0.15, -0.1) is 0 Å². The number of ether oxygens (including phenoxy) is 1. The quantitative estimate of drug-likeness (QED) is 0.525. The highest BCUT2D eigenvalue weighted by molar-refractivity contribution is 6.22. The van der Waals surface area contributed by atoms with Gasteiger partial charge in [0.25, 0.3) is 5.91 Å². The van der Waals surface area contributed by atoms with Crippen molar-refractivity contribution in [2.24, 2.45) is 10.9 Å². The highest BCUT2D eigenvalue weighted by Crippen LogP contribution is 2.30. The van der Waals surface area contributed by atoms with Gasteiger partial charge in [-0.3, -0.25) is 19.5 Å². The Bertz CT molecular complexity index is 713. The average Bonchev–Trinajstić information content (AvgIpc) is 3.08. The van der Waals surface area contributed by atoms with Crippen LogP contribution in [0.3, 0.4) is 0 Å². The van der Waals surface area contributed by atoms with Gasteiger partial charge < -0.3 is 4.74 Å². The van der Waals surface area contributed by atoms with Crippen LogP contribution in [-0.4, -0.2) is 95.0 Å². The molecule has 28 heavy (non-hydrogen) atoms. The molecule has 8 heteroatoms. The Labute approximate surface area is 166 Å². The second-order valence-electron chi connectivity index (χ2n) is 8.40. The van der Waals surface area contributed by atoms with E-state index in [1.807, 2.05) is 6.92 Å². The van der Waals surface area contributed by atoms with E-state index >= 15 is 0 Å². The largest absolute Gasteiger partial charge is 0.392 e. The third-order valence-electron chi connectivity index (χ3n) is 6.34. The Morgan fingerprint density at radius 3 is 2.68 bits per heavy atom. The molecule has 4 aliphatic rings. The van der Waals surface area contributed by atoms with E-state index in [2.05, 4.69) is 16.4 Å². The summed E-state index contributed by atoms with van der Waals surface area (Å²) in [7, 11) is 1.72. The summed E-state index contributed by atoms with van der Waals surface area (Å²) in [6, 6.07) is -0.311. The van der Waals surface area contributed by atoms with Crippen molar-refractivity contribution in [3.63, 3.8) is 0 Å². The maximum atomic E-state index is 13.3. The molecular formula is C20H32N5O3+. The van der Waals surface area contributed by atoms with Crippen molar-refractivity contribution in [2.75, 3.05) is 39.9 Å². The number of fused-ring (bicyclic) bond motifs is 2. The Hall–Kier alpha value is -1.96. The third-order valence-corrected chi connectivity index (χ3v) is 6.34. The summed E-state index contributed by atoms with van der Waals surface area (Å²) in [5, 5.41) is 0. The molecule has 4 rings (SSSR count). The number of amidine groups is 1. The van der Waals surface area contributed by atoms with E-state index in [0.29, 0.717) is 31.0 Å². The number of likely N-dealkylation sites (N-methyl/N-ethyl adjacent to an activating group) is 1. The molecule has 3 amide bonds. The first-order valence-corrected chi connectivity index (χ1v) is 10.7. The van der Waals surface area contributed by atoms with Crippen molar-refractivity contribution >= 4 is 23.7 Å². The van der Waals surface area contributed by atoms with Crippen LogP contribution in [0.1, 0.15) is 46.0 Å². The first kappa shape index (κ1) is 19.4. The van der Waals surface area contributed by atoms with Crippen LogP contribution in [0.15, 0.2) is 4.99 Å². The van der Waals surface area contributed by atoms with Crippen LogP contribution >= 0.6 is 0 Å². The van der Waals surface area contributed by atoms with Crippen LogP contribution in [0.25, 0.3) is 0 Å². The molecule has 3 heterocycles. The van der Waals surface area contributed by atoms with Gasteiger partial charge in [0.1, 0.15) is 0 Å². The molecule has 154 valence electrons. The third kappa shape index (κ3) is 3.21. The van der Waals surface area contributed by atoms with Crippen LogP contribution in [0.4, 0.5) is 4.79 Å². The average molecular weight is 391 g/mol. The van der Waals surface area contributed by atoms with E-state index in [1.165, 1.54) is 37.0 Å². The molecule has 1 saturated carbocycles. The smallest absolute Gasteiger partial charge is 0.380 e. The highest BCUT2D eigenvalue weighted by atomic mass is 16.5. The summed E-state index contributed by atoms with van der Waals surface area (Å²) in [5.41, 5.74) is 0. The first-order chi connectivity index (χ1) is 13.5. The van der Waals surface area contributed by atoms with Crippen molar-refractivity contribution in [3.8, 4) is 0 Å². The van der Waals surface area contributed by atoms with E-state index < -0.39 is 6.04 Å². The molecule has 0 aromatic heterocycles. The second kappa shape index (κ2) is 7.81. The number of rotatable bonds is 5. The van der Waals surface area contributed by atoms with E-state index in [1.54, 1.807) is 11.9 Å². The molecular weight excluding hydrogens is 358 g/mol. The Morgan fingerprint density at radius 1 is 1.21 bits per heavy atom. The number of urea groups is 1. The standard InChI is InChI=1S/C20H32N5O3/c1-4-28-11-10-23-18(26)16-17(22(3)20(23)27)21-19-24(12-14(2)13-25(16)19)15-8-6-5-7-9-15/h14-16H,4-13H2,1-3H3/q+1. The first-order valence-electron chi connectivity index (χ1n) is 10.7. The van der Waals surface area contributed by atoms with Crippen LogP contribution in [0.5, 0.6) is 0 Å². The summed E-state index contributed by atoms with van der Waals surface area (Å²) in [6.07, 6.45) is 6.18. The van der Waals surface area contributed by atoms with Gasteiger partial charge in [0.15, 0.2) is 0 Å². The molecule has 1 saturated heterocycles. The lowest BCUT2D eigenvalue weighted by atomic mass is 9.93. The molecule has 0 radical (unpaired) electrons. The summed E-state index contributed by atoms with van der Waals surface area (Å²) < 4.78 is 7.51. The minimum atomic E-state index is -0.492. The lowest BCUT2D eigenvalue weighted by molar-refractivity contribution is -0.552. The van der Waals surface area contributed by atoms with Crippen molar-refractivity contribution in [2.45, 2.75) is 58.0 Å². The van der Waals surface area contributed by atoms with E-state index in [9.17, 15) is 9.59 Å². The monoisotopic (exact) mass is 390 g/mol. The molecule has 0 aromatic rings. The molecule has 0 N–H and O–H groups in total. The minimum Gasteiger partial charge on any atom is -0.380 e. The van der Waals surface area contributed by atoms with E-state index in [4.69, 9.17) is 9.73 Å². The number of hydrogen-bond acceptors (Lipinski definition) is 5. The topological polar surface area (TPSA) is 68.5 Å². The SMILES string of the molecule is CCOCCN1C(=O)C2C(=NC3=[N+]2CC(C)CN3C2CCCCC2)N(C)C1=O. The molecule has 0 bridgehead atoms. The summed E-state index contributed by atoms with van der Waals surface area (Å²) >= 11 is 0. The minimum absolute atomic E-state index is 0.172. The molecule has 0 aromatic carbocycles. The predicted octanol–water partition coefficient (Wildman–Crippen LogP) is 1.35. The van der Waals surface area contributed by atoms with Gasteiger partial charge in [-0.1, -0.05) is 31.2 Å². The number of guanidine groups is 1. The normalized spacial score (nSPS) is 28.7. The van der Waals surface area contributed by atoms with Crippen molar-refractivity contribution < 1.29 is 18.9 Å². The van der Waals surface area contributed by atoms with E-state index in [-0.39, 0.29) is 18.5 Å². The highest BCUT2D eigenvalue weighted by Gasteiger charge is 2.55. The van der Waals surface area contributed by atoms with Gasteiger partial charge in [-0.05, 0) is 19.8 Å². The number of hydrogen-bond donors (Lipinski definition) is 0. The lowest BCUT2D eigenvalue weighted by Crippen LogP contribution is -2.64. The fourth-order valence-corrected chi connectivity index (χ4v) is 4.94. The van der Waals surface area contributed by atoms with Crippen molar-refractivity contribution in [3.05, 3.63) is 0 Å². The summed E-state index contributed by atoms with van der Waals surface area (Å²) in [6.45, 7) is 7.12. The van der Waals surface area contributed by atoms with Gasteiger partial charge in [0.2, 0.25) is 11.9 Å². The predicted molar refractivity (Wildman–Crippen MR) is 105 cm³/mol. The number of carbonyl (C=O) groups excluding carboxylic acids is 2. The molecule has 2 unspecified atom stereocenters. The molecule has 0 spiro atoms. The molecule has 1 aliphatic carbocycles. The number of carbonyl (C=O) groups is 2. The molecule has 2 atom stereocenters. The zero-order valence-electron chi connectivity index (χ0n) is 17.3. The Morgan fingerprint density at radius 2 is 1.96 bits per heavy atom. The van der Waals surface area contributed by atoms with Crippen molar-refractivity contribution in [1.29, 1.82) is 0 Å². The molecule has 3 aliphatic heterocycles. The van der Waals surface area contributed by atoms with Gasteiger partial charge in [0.05, 0.1) is 32.3 Å². The van der Waals surface area contributed by atoms with Crippen LogP contribution in [-0.2, 0) is 9.53 Å². The number of amides is 3.